The van der Waals surface area contributed by atoms with Crippen LogP contribution in [0.2, 0.25) is 0 Å². The summed E-state index contributed by atoms with van der Waals surface area (Å²) in [5.74, 6) is 0.629. The predicted octanol–water partition coefficient (Wildman–Crippen LogP) is 1.87. The highest BCUT2D eigenvalue weighted by atomic mass is 32.2. The molecule has 1 aliphatic carbocycles. The molecule has 6 heteroatoms. The third-order valence-corrected chi connectivity index (χ3v) is 3.42. The number of ether oxygens (including phenoxy) is 1. The minimum absolute atomic E-state index is 0.504. The van der Waals surface area contributed by atoms with Crippen LogP contribution < -0.4 is 0 Å². The van der Waals surface area contributed by atoms with E-state index in [1.807, 2.05) is 11.6 Å². The molecule has 0 radical (unpaired) electrons. The van der Waals surface area contributed by atoms with E-state index < -0.39 is 0 Å². The fourth-order valence-electron chi connectivity index (χ4n) is 1.84. The molecule has 0 spiro atoms. The summed E-state index contributed by atoms with van der Waals surface area (Å²) < 4.78 is 7.23. The van der Waals surface area contributed by atoms with Crippen LogP contribution in [0.1, 0.15) is 38.6 Å². The monoisotopic (exact) mass is 228 g/mol. The molecule has 0 amide bonds. The van der Waals surface area contributed by atoms with Gasteiger partial charge in [0.1, 0.15) is 0 Å². The van der Waals surface area contributed by atoms with E-state index in [9.17, 15) is 0 Å². The van der Waals surface area contributed by atoms with Crippen molar-refractivity contribution in [3.63, 3.8) is 0 Å². The summed E-state index contributed by atoms with van der Waals surface area (Å²) in [4.78, 5) is 0. The van der Waals surface area contributed by atoms with Gasteiger partial charge in [0.2, 0.25) is 5.16 Å². The maximum absolute atomic E-state index is 5.28. The van der Waals surface area contributed by atoms with E-state index in [0.717, 1.165) is 11.8 Å². The molecule has 1 heterocycles. The number of tetrazole rings is 1. The van der Waals surface area contributed by atoms with Crippen LogP contribution in [-0.2, 0) is 4.74 Å². The van der Waals surface area contributed by atoms with Crippen molar-refractivity contribution in [1.82, 2.24) is 20.2 Å². The van der Waals surface area contributed by atoms with Crippen LogP contribution in [0, 0.1) is 0 Å². The Labute approximate surface area is 93.6 Å². The van der Waals surface area contributed by atoms with Gasteiger partial charge in [0, 0.05) is 6.61 Å². The first-order valence-electron chi connectivity index (χ1n) is 5.40. The van der Waals surface area contributed by atoms with Gasteiger partial charge in [-0.2, -0.15) is 0 Å². The van der Waals surface area contributed by atoms with Crippen LogP contribution in [0.3, 0.4) is 0 Å². The Hall–Kier alpha value is -0.620. The summed E-state index contributed by atoms with van der Waals surface area (Å²) in [7, 11) is 0. The Morgan fingerprint density at radius 2 is 2.27 bits per heavy atom. The SMILES string of the molecule is CCOCSc1nnnn1C1CCCC1. The predicted molar refractivity (Wildman–Crippen MR) is 57.7 cm³/mol. The van der Waals surface area contributed by atoms with Crippen LogP contribution in [-0.4, -0.2) is 32.8 Å². The quantitative estimate of drug-likeness (QED) is 0.437. The molecule has 1 aromatic heterocycles. The molecule has 1 aromatic rings. The lowest BCUT2D eigenvalue weighted by molar-refractivity contribution is 0.198. The number of hydrogen-bond acceptors (Lipinski definition) is 5. The first-order chi connectivity index (χ1) is 7.42. The van der Waals surface area contributed by atoms with E-state index in [4.69, 9.17) is 4.74 Å². The summed E-state index contributed by atoms with van der Waals surface area (Å²) in [6.45, 7) is 2.72. The minimum atomic E-state index is 0.504. The second-order valence-electron chi connectivity index (χ2n) is 3.60. The molecule has 0 aliphatic heterocycles. The van der Waals surface area contributed by atoms with Gasteiger partial charge >= 0.3 is 0 Å². The van der Waals surface area contributed by atoms with Crippen LogP contribution in [0.4, 0.5) is 0 Å². The molecule has 0 N–H and O–H groups in total. The molecule has 15 heavy (non-hydrogen) atoms. The topological polar surface area (TPSA) is 52.8 Å². The molecule has 1 saturated carbocycles. The highest BCUT2D eigenvalue weighted by Crippen LogP contribution is 2.31. The van der Waals surface area contributed by atoms with Gasteiger partial charge in [0.25, 0.3) is 0 Å². The van der Waals surface area contributed by atoms with Crippen LogP contribution in [0.15, 0.2) is 5.16 Å². The Morgan fingerprint density at radius 1 is 1.47 bits per heavy atom. The molecule has 2 rings (SSSR count). The lowest BCUT2D eigenvalue weighted by Crippen LogP contribution is -2.08. The molecule has 0 atom stereocenters. The van der Waals surface area contributed by atoms with Crippen molar-refractivity contribution in [2.24, 2.45) is 0 Å². The van der Waals surface area contributed by atoms with Gasteiger partial charge in [-0.05, 0) is 30.2 Å². The van der Waals surface area contributed by atoms with Crippen molar-refractivity contribution in [3.8, 4) is 0 Å². The minimum Gasteiger partial charge on any atom is -0.371 e. The molecule has 0 unspecified atom stereocenters. The van der Waals surface area contributed by atoms with Gasteiger partial charge < -0.3 is 4.74 Å². The van der Waals surface area contributed by atoms with Gasteiger partial charge in [-0.1, -0.05) is 24.6 Å². The van der Waals surface area contributed by atoms with E-state index in [-0.39, 0.29) is 0 Å². The summed E-state index contributed by atoms with van der Waals surface area (Å²) in [6, 6.07) is 0.504. The summed E-state index contributed by atoms with van der Waals surface area (Å²) >= 11 is 1.57. The van der Waals surface area contributed by atoms with Crippen molar-refractivity contribution in [3.05, 3.63) is 0 Å². The van der Waals surface area contributed by atoms with Crippen LogP contribution in [0.25, 0.3) is 0 Å². The van der Waals surface area contributed by atoms with Crippen molar-refractivity contribution < 1.29 is 4.74 Å². The van der Waals surface area contributed by atoms with Crippen LogP contribution in [0.5, 0.6) is 0 Å². The average Bonchev–Trinajstić information content (AvgIpc) is 2.87. The Balaban J connectivity index is 1.95. The maximum atomic E-state index is 5.28. The summed E-state index contributed by atoms with van der Waals surface area (Å²) in [5, 5.41) is 12.7. The zero-order valence-corrected chi connectivity index (χ0v) is 9.74. The van der Waals surface area contributed by atoms with Gasteiger partial charge in [-0.25, -0.2) is 4.68 Å². The van der Waals surface area contributed by atoms with E-state index >= 15 is 0 Å². The van der Waals surface area contributed by atoms with Gasteiger partial charge in [-0.3, -0.25) is 0 Å². The smallest absolute Gasteiger partial charge is 0.211 e. The second-order valence-corrected chi connectivity index (χ2v) is 4.49. The molecule has 84 valence electrons. The molecule has 1 fully saturated rings. The average molecular weight is 228 g/mol. The molecular weight excluding hydrogens is 212 g/mol. The fourth-order valence-corrected chi connectivity index (χ4v) is 2.60. The van der Waals surface area contributed by atoms with Crippen molar-refractivity contribution >= 4 is 11.8 Å². The van der Waals surface area contributed by atoms with E-state index in [2.05, 4.69) is 15.5 Å². The zero-order valence-electron chi connectivity index (χ0n) is 8.93. The lowest BCUT2D eigenvalue weighted by atomic mass is 10.3. The van der Waals surface area contributed by atoms with Crippen molar-refractivity contribution in [2.45, 2.75) is 43.8 Å². The second kappa shape index (κ2) is 5.46. The molecule has 0 bridgehead atoms. The third kappa shape index (κ3) is 2.69. The molecular formula is C9H16N4OS. The van der Waals surface area contributed by atoms with Gasteiger partial charge in [0.15, 0.2) is 0 Å². The Bertz CT molecular complexity index is 298. The number of rotatable bonds is 5. The number of thioether (sulfide) groups is 1. The molecule has 0 aromatic carbocycles. The standard InChI is InChI=1S/C9H16N4OS/c1-2-14-7-15-9-10-11-12-13(9)8-5-3-4-6-8/h8H,2-7H2,1H3. The number of nitrogens with zero attached hydrogens (tertiary/aromatic N) is 4. The molecule has 1 aliphatic rings. The maximum Gasteiger partial charge on any atom is 0.211 e. The molecule has 5 nitrogen and oxygen atoms in total. The van der Waals surface area contributed by atoms with Crippen molar-refractivity contribution in [2.75, 3.05) is 12.5 Å². The summed E-state index contributed by atoms with van der Waals surface area (Å²) in [5.41, 5.74) is 0. The van der Waals surface area contributed by atoms with Crippen molar-refractivity contribution in [1.29, 1.82) is 0 Å². The van der Waals surface area contributed by atoms with E-state index in [1.165, 1.54) is 25.7 Å². The summed E-state index contributed by atoms with van der Waals surface area (Å²) in [6.07, 6.45) is 4.99. The molecule has 0 saturated heterocycles. The van der Waals surface area contributed by atoms with E-state index in [0.29, 0.717) is 12.0 Å². The largest absolute Gasteiger partial charge is 0.371 e. The van der Waals surface area contributed by atoms with Gasteiger partial charge in [0.05, 0.1) is 12.0 Å². The third-order valence-electron chi connectivity index (χ3n) is 2.61. The Kier molecular flexibility index (Phi) is 3.96. The van der Waals surface area contributed by atoms with Gasteiger partial charge in [-0.15, -0.1) is 5.10 Å². The number of hydrogen-bond donors (Lipinski definition) is 0. The number of aromatic nitrogens is 4. The Morgan fingerprint density at radius 3 is 3.00 bits per heavy atom. The fraction of sp³-hybridized carbons (Fsp3) is 0.889. The van der Waals surface area contributed by atoms with Crippen LogP contribution >= 0.6 is 11.8 Å². The zero-order chi connectivity index (χ0) is 10.5. The first kappa shape index (κ1) is 10.9. The van der Waals surface area contributed by atoms with E-state index in [1.54, 1.807) is 11.8 Å². The lowest BCUT2D eigenvalue weighted by Gasteiger charge is -2.10. The first-order valence-corrected chi connectivity index (χ1v) is 6.38. The normalized spacial score (nSPS) is 17.4. The highest BCUT2D eigenvalue weighted by Gasteiger charge is 2.21. The highest BCUT2D eigenvalue weighted by molar-refractivity contribution is 7.99.